The highest BCUT2D eigenvalue weighted by Gasteiger charge is 2.27. The fourth-order valence-electron chi connectivity index (χ4n) is 3.84. The van der Waals surface area contributed by atoms with Crippen molar-refractivity contribution in [1.29, 1.82) is 0 Å². The quantitative estimate of drug-likeness (QED) is 0.625. The standard InChI is InChI=1S/C19H20N2O3/c22-9-8-14-6-3-7-15-19(14)24-11-16-18(20-12-21(15)16)17(23)10-13-4-1-2-5-13/h3,6-7,9,12-13H,1-2,4-5,8,10-11H2. The molecule has 1 aromatic carbocycles. The average Bonchev–Trinajstić information content (AvgIpc) is 3.24. The van der Waals surface area contributed by atoms with E-state index >= 15 is 0 Å². The minimum absolute atomic E-state index is 0.117. The molecule has 0 amide bonds. The highest BCUT2D eigenvalue weighted by molar-refractivity contribution is 5.95. The number of para-hydroxylation sites is 1. The molecule has 5 heteroatoms. The molecule has 0 bridgehead atoms. The summed E-state index contributed by atoms with van der Waals surface area (Å²) in [5.41, 5.74) is 3.06. The van der Waals surface area contributed by atoms with Crippen LogP contribution in [0.1, 0.15) is 53.8 Å². The first kappa shape index (κ1) is 15.1. The number of hydrogen-bond donors (Lipinski definition) is 0. The van der Waals surface area contributed by atoms with Crippen molar-refractivity contribution < 1.29 is 14.3 Å². The third-order valence-electron chi connectivity index (χ3n) is 5.07. The van der Waals surface area contributed by atoms with Crippen LogP contribution in [-0.4, -0.2) is 21.6 Å². The summed E-state index contributed by atoms with van der Waals surface area (Å²) in [7, 11) is 0. The Morgan fingerprint density at radius 1 is 1.33 bits per heavy atom. The van der Waals surface area contributed by atoms with Gasteiger partial charge in [0.05, 0.1) is 11.4 Å². The molecule has 24 heavy (non-hydrogen) atoms. The van der Waals surface area contributed by atoms with Crippen LogP contribution in [0.15, 0.2) is 24.5 Å². The zero-order valence-corrected chi connectivity index (χ0v) is 13.5. The third-order valence-corrected chi connectivity index (χ3v) is 5.07. The molecule has 0 saturated heterocycles. The second kappa shape index (κ2) is 6.23. The molecule has 1 saturated carbocycles. The predicted molar refractivity (Wildman–Crippen MR) is 88.6 cm³/mol. The van der Waals surface area contributed by atoms with E-state index in [0.717, 1.165) is 36.1 Å². The SMILES string of the molecule is O=CCc1cccc2c1OCc1c(C(=O)CC3CCCC3)ncn1-2. The second-order valence-corrected chi connectivity index (χ2v) is 6.61. The molecule has 0 atom stereocenters. The van der Waals surface area contributed by atoms with E-state index in [-0.39, 0.29) is 5.78 Å². The van der Waals surface area contributed by atoms with Crippen molar-refractivity contribution in [2.24, 2.45) is 5.92 Å². The zero-order valence-electron chi connectivity index (χ0n) is 13.5. The highest BCUT2D eigenvalue weighted by atomic mass is 16.5. The van der Waals surface area contributed by atoms with Crippen molar-refractivity contribution in [3.63, 3.8) is 0 Å². The summed E-state index contributed by atoms with van der Waals surface area (Å²) in [5.74, 6) is 1.34. The molecule has 124 valence electrons. The van der Waals surface area contributed by atoms with Gasteiger partial charge in [0.1, 0.15) is 30.7 Å². The van der Waals surface area contributed by atoms with Crippen molar-refractivity contribution in [3.8, 4) is 11.4 Å². The van der Waals surface area contributed by atoms with Crippen LogP contribution < -0.4 is 4.74 Å². The van der Waals surface area contributed by atoms with Crippen molar-refractivity contribution in [2.75, 3.05) is 0 Å². The maximum Gasteiger partial charge on any atom is 0.183 e. The molecular weight excluding hydrogens is 304 g/mol. The summed E-state index contributed by atoms with van der Waals surface area (Å²) in [6.07, 6.45) is 8.24. The van der Waals surface area contributed by atoms with E-state index in [1.807, 2.05) is 22.8 Å². The molecule has 2 heterocycles. The number of rotatable bonds is 5. The number of aldehydes is 1. The van der Waals surface area contributed by atoms with Crippen LogP contribution in [0.2, 0.25) is 0 Å². The third kappa shape index (κ3) is 2.54. The Kier molecular flexibility index (Phi) is 3.92. The summed E-state index contributed by atoms with van der Waals surface area (Å²) in [6.45, 7) is 0.314. The van der Waals surface area contributed by atoms with Gasteiger partial charge in [0.15, 0.2) is 5.78 Å². The average molecular weight is 324 g/mol. The number of ether oxygens (including phenoxy) is 1. The second-order valence-electron chi connectivity index (χ2n) is 6.61. The number of benzene rings is 1. The van der Waals surface area contributed by atoms with E-state index in [4.69, 9.17) is 4.74 Å². The Hall–Kier alpha value is -2.43. The topological polar surface area (TPSA) is 61.2 Å². The monoisotopic (exact) mass is 324 g/mol. The normalized spacial score (nSPS) is 16.3. The lowest BCUT2D eigenvalue weighted by atomic mass is 9.99. The maximum absolute atomic E-state index is 12.6. The van der Waals surface area contributed by atoms with Crippen LogP contribution in [0.5, 0.6) is 5.75 Å². The lowest BCUT2D eigenvalue weighted by molar-refractivity contribution is -0.107. The van der Waals surface area contributed by atoms with E-state index in [2.05, 4.69) is 4.98 Å². The van der Waals surface area contributed by atoms with Crippen LogP contribution in [0.3, 0.4) is 0 Å². The summed E-state index contributed by atoms with van der Waals surface area (Å²) < 4.78 is 7.81. The molecule has 0 N–H and O–H groups in total. The zero-order chi connectivity index (χ0) is 16.5. The van der Waals surface area contributed by atoms with Gasteiger partial charge in [-0.25, -0.2) is 4.98 Å². The van der Waals surface area contributed by atoms with Crippen LogP contribution in [0.25, 0.3) is 5.69 Å². The van der Waals surface area contributed by atoms with E-state index < -0.39 is 0 Å². The van der Waals surface area contributed by atoms with Crippen LogP contribution in [-0.2, 0) is 17.8 Å². The first-order valence-electron chi connectivity index (χ1n) is 8.56. The fourth-order valence-corrected chi connectivity index (χ4v) is 3.84. The van der Waals surface area contributed by atoms with Gasteiger partial charge in [-0.3, -0.25) is 9.36 Å². The van der Waals surface area contributed by atoms with E-state index in [9.17, 15) is 9.59 Å². The van der Waals surface area contributed by atoms with Gasteiger partial charge < -0.3 is 9.53 Å². The van der Waals surface area contributed by atoms with Crippen molar-refractivity contribution in [2.45, 2.75) is 45.1 Å². The summed E-state index contributed by atoms with van der Waals surface area (Å²) in [4.78, 5) is 27.9. The number of hydrogen-bond acceptors (Lipinski definition) is 4. The number of nitrogens with zero attached hydrogens (tertiary/aromatic N) is 2. The number of aromatic nitrogens is 2. The van der Waals surface area contributed by atoms with Gasteiger partial charge >= 0.3 is 0 Å². The molecule has 0 spiro atoms. The summed E-state index contributed by atoms with van der Waals surface area (Å²) in [6, 6.07) is 5.72. The Morgan fingerprint density at radius 3 is 2.96 bits per heavy atom. The molecule has 1 aliphatic heterocycles. The van der Waals surface area contributed by atoms with Gasteiger partial charge in [-0.1, -0.05) is 37.8 Å². The maximum atomic E-state index is 12.6. The number of fused-ring (bicyclic) bond motifs is 3. The first-order chi connectivity index (χ1) is 11.8. The number of carbonyl (C=O) groups is 2. The number of Topliss-reactive ketones (excluding diaryl/α,β-unsaturated/α-hetero) is 1. The smallest absolute Gasteiger partial charge is 0.183 e. The molecular formula is C19H20N2O3. The van der Waals surface area contributed by atoms with Gasteiger partial charge in [-0.15, -0.1) is 0 Å². The summed E-state index contributed by atoms with van der Waals surface area (Å²) >= 11 is 0. The highest BCUT2D eigenvalue weighted by Crippen LogP contribution is 2.35. The van der Waals surface area contributed by atoms with Gasteiger partial charge in [-0.05, 0) is 12.0 Å². The molecule has 0 unspecified atom stereocenters. The van der Waals surface area contributed by atoms with Gasteiger partial charge in [0, 0.05) is 18.4 Å². The fraction of sp³-hybridized carbons (Fsp3) is 0.421. The van der Waals surface area contributed by atoms with Gasteiger partial charge in [0.25, 0.3) is 0 Å². The number of imidazole rings is 1. The van der Waals surface area contributed by atoms with Crippen molar-refractivity contribution >= 4 is 12.1 Å². The van der Waals surface area contributed by atoms with Crippen LogP contribution >= 0.6 is 0 Å². The van der Waals surface area contributed by atoms with E-state index in [1.54, 1.807) is 6.33 Å². The van der Waals surface area contributed by atoms with E-state index in [0.29, 0.717) is 36.8 Å². The minimum Gasteiger partial charge on any atom is -0.485 e. The molecule has 2 aromatic rings. The Morgan fingerprint density at radius 2 is 2.17 bits per heavy atom. The van der Waals surface area contributed by atoms with Gasteiger partial charge in [0.2, 0.25) is 0 Å². The Bertz CT molecular complexity index is 788. The molecule has 1 aliphatic carbocycles. The number of ketones is 1. The molecule has 1 fully saturated rings. The molecule has 4 rings (SSSR count). The Balaban J connectivity index is 1.65. The molecule has 1 aromatic heterocycles. The lowest BCUT2D eigenvalue weighted by Gasteiger charge is -2.22. The van der Waals surface area contributed by atoms with Crippen molar-refractivity contribution in [1.82, 2.24) is 9.55 Å². The Labute approximate surface area is 140 Å². The van der Waals surface area contributed by atoms with E-state index in [1.165, 1.54) is 12.8 Å². The molecule has 2 aliphatic rings. The van der Waals surface area contributed by atoms with Crippen molar-refractivity contribution in [3.05, 3.63) is 41.5 Å². The van der Waals surface area contributed by atoms with Gasteiger partial charge in [-0.2, -0.15) is 0 Å². The van der Waals surface area contributed by atoms with Crippen LogP contribution in [0.4, 0.5) is 0 Å². The minimum atomic E-state index is 0.117. The van der Waals surface area contributed by atoms with Crippen LogP contribution in [0, 0.1) is 5.92 Å². The largest absolute Gasteiger partial charge is 0.485 e. The lowest BCUT2D eigenvalue weighted by Crippen LogP contribution is -2.17. The first-order valence-corrected chi connectivity index (χ1v) is 8.56. The molecule has 0 radical (unpaired) electrons. The predicted octanol–water partition coefficient (Wildman–Crippen LogP) is 3.27. The summed E-state index contributed by atoms with van der Waals surface area (Å²) in [5, 5.41) is 0. The molecule has 5 nitrogen and oxygen atoms in total. The number of carbonyl (C=O) groups excluding carboxylic acids is 2.